The highest BCUT2D eigenvalue weighted by Crippen LogP contribution is 2.50. The quantitative estimate of drug-likeness (QED) is 0.410. The Hall–Kier alpha value is -2.62. The van der Waals surface area contributed by atoms with E-state index in [1.165, 1.54) is 0 Å². The van der Waals surface area contributed by atoms with Crippen LogP contribution in [0.25, 0.3) is 22.3 Å². The summed E-state index contributed by atoms with van der Waals surface area (Å²) in [6.07, 6.45) is 3.62. The van der Waals surface area contributed by atoms with Crippen molar-refractivity contribution in [2.24, 2.45) is 0 Å². The van der Waals surface area contributed by atoms with Crippen LogP contribution in [0, 0.1) is 0 Å². The molecule has 0 saturated carbocycles. The molecule has 0 aliphatic heterocycles. The number of benzene rings is 2. The van der Waals surface area contributed by atoms with Crippen LogP contribution in [-0.2, 0) is 9.47 Å². The standard InChI is InChI=1S/C22H24O4/c1-3-5-13-25-21(23)17-11-7-9-15-16-10-8-12-18(20(16)19(15)17)22(24)26-14-6-4-2/h7-12H,3-6,13-14H2,1-2H3. The summed E-state index contributed by atoms with van der Waals surface area (Å²) in [7, 11) is 0. The molecule has 3 rings (SSSR count). The maximum absolute atomic E-state index is 12.5. The van der Waals surface area contributed by atoms with Gasteiger partial charge in [0.05, 0.1) is 24.3 Å². The van der Waals surface area contributed by atoms with Gasteiger partial charge in [-0.3, -0.25) is 0 Å². The molecule has 4 heteroatoms. The highest BCUT2D eigenvalue weighted by Gasteiger charge is 2.32. The van der Waals surface area contributed by atoms with Crippen molar-refractivity contribution >= 4 is 11.9 Å². The van der Waals surface area contributed by atoms with Crippen molar-refractivity contribution in [3.8, 4) is 22.3 Å². The lowest BCUT2D eigenvalue weighted by atomic mass is 9.75. The molecule has 0 amide bonds. The molecule has 0 radical (unpaired) electrons. The number of hydrogen-bond acceptors (Lipinski definition) is 4. The van der Waals surface area contributed by atoms with Gasteiger partial charge >= 0.3 is 11.9 Å². The zero-order valence-electron chi connectivity index (χ0n) is 15.3. The molecule has 0 heterocycles. The predicted octanol–water partition coefficient (Wildman–Crippen LogP) is 5.25. The minimum Gasteiger partial charge on any atom is -0.462 e. The van der Waals surface area contributed by atoms with E-state index < -0.39 is 0 Å². The van der Waals surface area contributed by atoms with Gasteiger partial charge in [0, 0.05) is 11.1 Å². The summed E-state index contributed by atoms with van der Waals surface area (Å²) in [4.78, 5) is 25.0. The van der Waals surface area contributed by atoms with Crippen LogP contribution in [0.1, 0.15) is 60.2 Å². The van der Waals surface area contributed by atoms with Crippen LogP contribution in [-0.4, -0.2) is 25.2 Å². The summed E-state index contributed by atoms with van der Waals surface area (Å²) in [5.41, 5.74) is 4.58. The topological polar surface area (TPSA) is 52.6 Å². The number of hydrogen-bond donors (Lipinski definition) is 0. The molecule has 0 unspecified atom stereocenters. The highest BCUT2D eigenvalue weighted by molar-refractivity contribution is 6.16. The van der Waals surface area contributed by atoms with Gasteiger partial charge in [-0.25, -0.2) is 9.59 Å². The fraction of sp³-hybridized carbons (Fsp3) is 0.364. The number of fused-ring (bicyclic) bond motifs is 4. The van der Waals surface area contributed by atoms with Gasteiger partial charge in [0.2, 0.25) is 0 Å². The summed E-state index contributed by atoms with van der Waals surface area (Å²) >= 11 is 0. The number of ether oxygens (including phenoxy) is 2. The van der Waals surface area contributed by atoms with Crippen LogP contribution in [0.2, 0.25) is 0 Å². The molecule has 0 bridgehead atoms. The highest BCUT2D eigenvalue weighted by atomic mass is 16.5. The minimum atomic E-state index is -0.338. The molecule has 1 aliphatic carbocycles. The fourth-order valence-corrected chi connectivity index (χ4v) is 3.14. The number of rotatable bonds is 8. The molecular formula is C22H24O4. The summed E-state index contributed by atoms with van der Waals surface area (Å²) in [5, 5.41) is 0. The zero-order valence-corrected chi connectivity index (χ0v) is 15.3. The van der Waals surface area contributed by atoms with Crippen LogP contribution in [0.5, 0.6) is 0 Å². The Kier molecular flexibility index (Phi) is 5.71. The lowest BCUT2D eigenvalue weighted by Crippen LogP contribution is -2.16. The molecule has 2 aromatic carbocycles. The van der Waals surface area contributed by atoms with Gasteiger partial charge in [-0.1, -0.05) is 51.0 Å². The lowest BCUT2D eigenvalue weighted by molar-refractivity contribution is 0.0488. The van der Waals surface area contributed by atoms with E-state index in [4.69, 9.17) is 9.47 Å². The van der Waals surface area contributed by atoms with E-state index in [0.717, 1.165) is 47.9 Å². The van der Waals surface area contributed by atoms with Crippen molar-refractivity contribution in [1.29, 1.82) is 0 Å². The van der Waals surface area contributed by atoms with E-state index in [1.54, 1.807) is 12.1 Å². The molecule has 2 aromatic rings. The van der Waals surface area contributed by atoms with Gasteiger partial charge in [-0.15, -0.1) is 0 Å². The molecule has 0 atom stereocenters. The Bertz CT molecular complexity index is 753. The summed E-state index contributed by atoms with van der Waals surface area (Å²) in [6, 6.07) is 11.2. The predicted molar refractivity (Wildman–Crippen MR) is 101 cm³/mol. The van der Waals surface area contributed by atoms with Crippen molar-refractivity contribution in [3.05, 3.63) is 47.5 Å². The second kappa shape index (κ2) is 8.17. The molecular weight excluding hydrogens is 328 g/mol. The van der Waals surface area contributed by atoms with Gasteiger partial charge in [0.15, 0.2) is 0 Å². The van der Waals surface area contributed by atoms with Crippen LogP contribution in [0.3, 0.4) is 0 Å². The maximum Gasteiger partial charge on any atom is 0.338 e. The third-order valence-corrected chi connectivity index (χ3v) is 4.57. The normalized spacial score (nSPS) is 11.2. The SMILES string of the molecule is CCCCOC(=O)c1cccc2c1-c1c(C(=O)OCCCC)cccc1-2. The molecule has 26 heavy (non-hydrogen) atoms. The first kappa shape index (κ1) is 18.2. The van der Waals surface area contributed by atoms with E-state index in [1.807, 2.05) is 24.3 Å². The Morgan fingerprint density at radius 3 is 1.54 bits per heavy atom. The fourth-order valence-electron chi connectivity index (χ4n) is 3.14. The van der Waals surface area contributed by atoms with E-state index >= 15 is 0 Å². The summed E-state index contributed by atoms with van der Waals surface area (Å²) in [6.45, 7) is 4.92. The Labute approximate surface area is 154 Å². The summed E-state index contributed by atoms with van der Waals surface area (Å²) in [5.74, 6) is -0.676. The van der Waals surface area contributed by atoms with Crippen molar-refractivity contribution in [2.45, 2.75) is 39.5 Å². The van der Waals surface area contributed by atoms with Gasteiger partial charge in [0.25, 0.3) is 0 Å². The van der Waals surface area contributed by atoms with Crippen molar-refractivity contribution < 1.29 is 19.1 Å². The lowest BCUT2D eigenvalue weighted by Gasteiger charge is -2.28. The molecule has 0 fully saturated rings. The van der Waals surface area contributed by atoms with Gasteiger partial charge in [-0.05, 0) is 36.1 Å². The number of carbonyl (C=O) groups excluding carboxylic acids is 2. The average molecular weight is 352 g/mol. The van der Waals surface area contributed by atoms with Crippen LogP contribution in [0.15, 0.2) is 36.4 Å². The maximum atomic E-state index is 12.5. The Balaban J connectivity index is 1.90. The minimum absolute atomic E-state index is 0.338. The first-order valence-corrected chi connectivity index (χ1v) is 9.30. The second-order valence-corrected chi connectivity index (χ2v) is 6.44. The van der Waals surface area contributed by atoms with Crippen molar-refractivity contribution in [2.75, 3.05) is 13.2 Å². The number of unbranched alkanes of at least 4 members (excludes halogenated alkanes) is 2. The molecule has 1 aliphatic rings. The third-order valence-electron chi connectivity index (χ3n) is 4.57. The smallest absolute Gasteiger partial charge is 0.338 e. The van der Waals surface area contributed by atoms with Crippen molar-refractivity contribution in [3.63, 3.8) is 0 Å². The molecule has 4 nitrogen and oxygen atoms in total. The van der Waals surface area contributed by atoms with E-state index in [-0.39, 0.29) is 11.9 Å². The van der Waals surface area contributed by atoms with E-state index in [2.05, 4.69) is 13.8 Å². The third kappa shape index (κ3) is 3.36. The Morgan fingerprint density at radius 2 is 1.15 bits per heavy atom. The van der Waals surface area contributed by atoms with E-state index in [0.29, 0.717) is 24.3 Å². The molecule has 0 N–H and O–H groups in total. The Morgan fingerprint density at radius 1 is 0.731 bits per heavy atom. The second-order valence-electron chi connectivity index (χ2n) is 6.44. The molecule has 0 saturated heterocycles. The van der Waals surface area contributed by atoms with Crippen LogP contribution < -0.4 is 0 Å². The molecule has 136 valence electrons. The first-order valence-electron chi connectivity index (χ1n) is 9.30. The van der Waals surface area contributed by atoms with E-state index in [9.17, 15) is 9.59 Å². The summed E-state index contributed by atoms with van der Waals surface area (Å²) < 4.78 is 10.8. The number of esters is 2. The largest absolute Gasteiger partial charge is 0.462 e. The van der Waals surface area contributed by atoms with Gasteiger partial charge in [-0.2, -0.15) is 0 Å². The molecule has 0 spiro atoms. The molecule has 0 aromatic heterocycles. The van der Waals surface area contributed by atoms with Crippen LogP contribution >= 0.6 is 0 Å². The number of carbonyl (C=O) groups is 2. The first-order chi connectivity index (χ1) is 12.7. The average Bonchev–Trinajstić information content (AvgIpc) is 2.65. The van der Waals surface area contributed by atoms with Crippen molar-refractivity contribution in [1.82, 2.24) is 0 Å². The zero-order chi connectivity index (χ0) is 18.5. The van der Waals surface area contributed by atoms with Crippen LogP contribution in [0.4, 0.5) is 0 Å². The van der Waals surface area contributed by atoms with Gasteiger partial charge < -0.3 is 9.47 Å². The van der Waals surface area contributed by atoms with Gasteiger partial charge in [0.1, 0.15) is 0 Å². The monoisotopic (exact) mass is 352 g/mol.